The summed E-state index contributed by atoms with van der Waals surface area (Å²) in [4.78, 5) is 18.7. The molecule has 2 heterocycles. The molecule has 0 unspecified atom stereocenters. The van der Waals surface area contributed by atoms with E-state index in [1.165, 1.54) is 4.88 Å². The molecule has 2 aromatic heterocycles. The van der Waals surface area contributed by atoms with E-state index in [4.69, 9.17) is 13.9 Å². The summed E-state index contributed by atoms with van der Waals surface area (Å²) >= 11 is 1.72. The SMILES string of the molecule is COc1ccc(CNC(=O)c2oc3c(c2C)-c2nc(C)sc2CC3)c(OC)c1. The van der Waals surface area contributed by atoms with Crippen molar-refractivity contribution in [3.8, 4) is 22.8 Å². The molecule has 1 amide bonds. The van der Waals surface area contributed by atoms with Crippen LogP contribution in [-0.4, -0.2) is 25.1 Å². The Kier molecular flexibility index (Phi) is 4.85. The minimum atomic E-state index is -0.238. The second-order valence-corrected chi connectivity index (χ2v) is 8.01. The van der Waals surface area contributed by atoms with Gasteiger partial charge in [-0.25, -0.2) is 4.98 Å². The number of carbonyl (C=O) groups is 1. The third-order valence-corrected chi connectivity index (χ3v) is 6.01. The van der Waals surface area contributed by atoms with Crippen molar-refractivity contribution in [1.29, 1.82) is 0 Å². The molecule has 3 aromatic rings. The molecule has 0 radical (unpaired) electrons. The van der Waals surface area contributed by atoms with E-state index in [9.17, 15) is 4.79 Å². The summed E-state index contributed by atoms with van der Waals surface area (Å²) in [6, 6.07) is 5.51. The summed E-state index contributed by atoms with van der Waals surface area (Å²) in [6.45, 7) is 4.26. The van der Waals surface area contributed by atoms with Crippen molar-refractivity contribution in [3.63, 3.8) is 0 Å². The molecule has 146 valence electrons. The highest BCUT2D eigenvalue weighted by Gasteiger charge is 2.29. The molecule has 0 bridgehead atoms. The number of carbonyl (C=O) groups excluding carboxylic acids is 1. The number of hydrogen-bond acceptors (Lipinski definition) is 6. The van der Waals surface area contributed by atoms with Crippen molar-refractivity contribution >= 4 is 17.2 Å². The van der Waals surface area contributed by atoms with Crippen molar-refractivity contribution in [2.45, 2.75) is 33.2 Å². The average Bonchev–Trinajstić information content (AvgIpc) is 3.24. The number of amides is 1. The number of rotatable bonds is 5. The van der Waals surface area contributed by atoms with Crippen LogP contribution >= 0.6 is 11.3 Å². The molecule has 1 aliphatic rings. The van der Waals surface area contributed by atoms with Gasteiger partial charge in [-0.2, -0.15) is 0 Å². The predicted octanol–water partition coefficient (Wildman–Crippen LogP) is 4.07. The van der Waals surface area contributed by atoms with Gasteiger partial charge in [0.2, 0.25) is 0 Å². The van der Waals surface area contributed by atoms with Crippen LogP contribution in [0.3, 0.4) is 0 Å². The van der Waals surface area contributed by atoms with Gasteiger partial charge in [-0.05, 0) is 32.4 Å². The Balaban J connectivity index is 1.57. The average molecular weight is 398 g/mol. The largest absolute Gasteiger partial charge is 0.497 e. The van der Waals surface area contributed by atoms with Crippen molar-refractivity contribution < 1.29 is 18.7 Å². The lowest BCUT2D eigenvalue weighted by Crippen LogP contribution is -2.23. The zero-order chi connectivity index (χ0) is 19.8. The van der Waals surface area contributed by atoms with Gasteiger partial charge in [0.15, 0.2) is 5.76 Å². The molecule has 0 fully saturated rings. The second kappa shape index (κ2) is 7.31. The fourth-order valence-corrected chi connectivity index (χ4v) is 4.53. The van der Waals surface area contributed by atoms with Gasteiger partial charge in [-0.3, -0.25) is 4.79 Å². The molecule has 0 saturated heterocycles. The lowest BCUT2D eigenvalue weighted by Gasteiger charge is -2.11. The Labute approximate surface area is 167 Å². The van der Waals surface area contributed by atoms with Gasteiger partial charge in [0.25, 0.3) is 5.91 Å². The van der Waals surface area contributed by atoms with Gasteiger partial charge < -0.3 is 19.2 Å². The molecule has 1 aliphatic carbocycles. The minimum Gasteiger partial charge on any atom is -0.497 e. The van der Waals surface area contributed by atoms with Crippen LogP contribution in [0.15, 0.2) is 22.6 Å². The highest BCUT2D eigenvalue weighted by atomic mass is 32.1. The van der Waals surface area contributed by atoms with Crippen LogP contribution in [0, 0.1) is 13.8 Å². The number of benzene rings is 1. The highest BCUT2D eigenvalue weighted by molar-refractivity contribution is 7.12. The van der Waals surface area contributed by atoms with E-state index < -0.39 is 0 Å². The third-order valence-electron chi connectivity index (χ3n) is 4.98. The maximum absolute atomic E-state index is 12.8. The molecule has 7 heteroatoms. The molecule has 0 saturated carbocycles. The van der Waals surface area contributed by atoms with Crippen molar-refractivity contribution in [2.24, 2.45) is 0 Å². The van der Waals surface area contributed by atoms with Crippen LogP contribution in [0.4, 0.5) is 0 Å². The van der Waals surface area contributed by atoms with E-state index in [1.807, 2.05) is 26.0 Å². The number of aromatic nitrogens is 1. The minimum absolute atomic E-state index is 0.238. The summed E-state index contributed by atoms with van der Waals surface area (Å²) in [7, 11) is 3.20. The number of thiazole rings is 1. The Morgan fingerprint density at radius 1 is 1.25 bits per heavy atom. The maximum Gasteiger partial charge on any atom is 0.287 e. The summed E-state index contributed by atoms with van der Waals surface area (Å²) in [5.74, 6) is 2.34. The Hall–Kier alpha value is -2.80. The third kappa shape index (κ3) is 3.16. The quantitative estimate of drug-likeness (QED) is 0.701. The van der Waals surface area contributed by atoms with Crippen molar-refractivity contribution in [1.82, 2.24) is 10.3 Å². The van der Waals surface area contributed by atoms with Crippen LogP contribution in [0.5, 0.6) is 11.5 Å². The Bertz CT molecular complexity index is 1050. The molecule has 1 aromatic carbocycles. The number of hydrogen-bond donors (Lipinski definition) is 1. The van der Waals surface area contributed by atoms with Gasteiger partial charge in [0, 0.05) is 40.6 Å². The monoisotopic (exact) mass is 398 g/mol. The molecule has 6 nitrogen and oxygen atoms in total. The van der Waals surface area contributed by atoms with E-state index in [0.29, 0.717) is 23.8 Å². The fourth-order valence-electron chi connectivity index (χ4n) is 3.59. The Morgan fingerprint density at radius 3 is 2.82 bits per heavy atom. The molecule has 1 N–H and O–H groups in total. The van der Waals surface area contributed by atoms with E-state index >= 15 is 0 Å². The fraction of sp³-hybridized carbons (Fsp3) is 0.333. The smallest absolute Gasteiger partial charge is 0.287 e. The number of aryl methyl sites for hydroxylation is 3. The summed E-state index contributed by atoms with van der Waals surface area (Å²) in [5, 5.41) is 3.97. The number of nitrogens with zero attached hydrogens (tertiary/aromatic N) is 1. The zero-order valence-corrected chi connectivity index (χ0v) is 17.2. The van der Waals surface area contributed by atoms with Gasteiger partial charge >= 0.3 is 0 Å². The molecule has 0 atom stereocenters. The van der Waals surface area contributed by atoms with E-state index in [0.717, 1.165) is 46.0 Å². The molecule has 0 spiro atoms. The topological polar surface area (TPSA) is 73.6 Å². The van der Waals surface area contributed by atoms with Gasteiger partial charge in [-0.1, -0.05) is 0 Å². The number of nitrogens with one attached hydrogen (secondary N) is 1. The predicted molar refractivity (Wildman–Crippen MR) is 107 cm³/mol. The van der Waals surface area contributed by atoms with Crippen LogP contribution in [0.1, 0.15) is 37.3 Å². The first-order chi connectivity index (χ1) is 13.5. The van der Waals surface area contributed by atoms with Crippen molar-refractivity contribution in [2.75, 3.05) is 14.2 Å². The highest BCUT2D eigenvalue weighted by Crippen LogP contribution is 2.40. The lowest BCUT2D eigenvalue weighted by atomic mass is 9.97. The van der Waals surface area contributed by atoms with E-state index in [-0.39, 0.29) is 5.91 Å². The normalized spacial score (nSPS) is 12.3. The molecular formula is C21H22N2O4S. The number of methoxy groups -OCH3 is 2. The van der Waals surface area contributed by atoms with Gasteiger partial charge in [-0.15, -0.1) is 11.3 Å². The summed E-state index contributed by atoms with van der Waals surface area (Å²) in [5.41, 5.74) is 3.67. The van der Waals surface area contributed by atoms with Crippen LogP contribution < -0.4 is 14.8 Å². The zero-order valence-electron chi connectivity index (χ0n) is 16.3. The number of furan rings is 1. The molecule has 4 rings (SSSR count). The number of ether oxygens (including phenoxy) is 2. The molecular weight excluding hydrogens is 376 g/mol. The first kappa shape index (κ1) is 18.6. The second-order valence-electron chi connectivity index (χ2n) is 6.72. The van der Waals surface area contributed by atoms with Gasteiger partial charge in [0.1, 0.15) is 17.3 Å². The van der Waals surface area contributed by atoms with Gasteiger partial charge in [0.05, 0.1) is 24.9 Å². The van der Waals surface area contributed by atoms with Crippen LogP contribution in [0.2, 0.25) is 0 Å². The van der Waals surface area contributed by atoms with Crippen LogP contribution in [-0.2, 0) is 19.4 Å². The number of fused-ring (bicyclic) bond motifs is 3. The summed E-state index contributed by atoms with van der Waals surface area (Å²) in [6.07, 6.45) is 1.70. The maximum atomic E-state index is 12.8. The molecule has 0 aliphatic heterocycles. The van der Waals surface area contributed by atoms with Crippen molar-refractivity contribution in [3.05, 3.63) is 50.7 Å². The first-order valence-corrected chi connectivity index (χ1v) is 9.91. The first-order valence-electron chi connectivity index (χ1n) is 9.09. The van der Waals surface area contributed by atoms with E-state index in [1.54, 1.807) is 31.6 Å². The standard InChI is InChI=1S/C21H22N2O4S/c1-11-18-15(7-8-17-19(18)23-12(2)28-17)27-20(11)21(24)22-10-13-5-6-14(25-3)9-16(13)26-4/h5-6,9H,7-8,10H2,1-4H3,(H,22,24). The summed E-state index contributed by atoms with van der Waals surface area (Å²) < 4.78 is 16.6. The van der Waals surface area contributed by atoms with E-state index in [2.05, 4.69) is 10.3 Å². The molecule has 28 heavy (non-hydrogen) atoms. The lowest BCUT2D eigenvalue weighted by molar-refractivity contribution is 0.0920. The Morgan fingerprint density at radius 2 is 2.07 bits per heavy atom. The van der Waals surface area contributed by atoms with Crippen LogP contribution in [0.25, 0.3) is 11.3 Å².